The number of Topliss-reactive ketones (excluding diaryl/α,β-unsaturated/α-hetero) is 1. The van der Waals surface area contributed by atoms with Gasteiger partial charge in [-0.25, -0.2) is 18.1 Å². The zero-order valence-corrected chi connectivity index (χ0v) is 17.7. The SMILES string of the molecule is Nc1nc2c(c(=O)[nH]1)n(CC(=O)c1ccccc1)c[n+]2[C@@H]1O[C@H](COP(=O)(O)O)[C@@H](O)[C@@H]1F. The second kappa shape index (κ2) is 8.74. The molecule has 0 spiro atoms. The van der Waals surface area contributed by atoms with Gasteiger partial charge in [0.1, 0.15) is 18.8 Å². The molecule has 0 amide bonds. The maximum atomic E-state index is 14.9. The van der Waals surface area contributed by atoms with E-state index in [4.69, 9.17) is 20.3 Å². The molecule has 4 atom stereocenters. The van der Waals surface area contributed by atoms with E-state index >= 15 is 0 Å². The first kappa shape index (κ1) is 23.2. The molecule has 33 heavy (non-hydrogen) atoms. The number of benzene rings is 1. The molecular weight excluding hydrogens is 464 g/mol. The Balaban J connectivity index is 1.71. The van der Waals surface area contributed by atoms with Crippen molar-refractivity contribution in [2.45, 2.75) is 31.2 Å². The van der Waals surface area contributed by atoms with Gasteiger partial charge in [0.25, 0.3) is 11.5 Å². The minimum absolute atomic E-state index is 0.0892. The van der Waals surface area contributed by atoms with E-state index in [2.05, 4.69) is 14.5 Å². The van der Waals surface area contributed by atoms with Crippen LogP contribution in [0, 0.1) is 0 Å². The fourth-order valence-electron chi connectivity index (χ4n) is 3.59. The molecule has 3 aromatic rings. The third-order valence-electron chi connectivity index (χ3n) is 5.08. The smallest absolute Gasteiger partial charge is 0.387 e. The maximum Gasteiger partial charge on any atom is 0.469 e. The minimum atomic E-state index is -4.89. The highest BCUT2D eigenvalue weighted by Gasteiger charge is 2.49. The van der Waals surface area contributed by atoms with Crippen molar-refractivity contribution in [1.82, 2.24) is 14.5 Å². The Bertz CT molecular complexity index is 1290. The van der Waals surface area contributed by atoms with E-state index < -0.39 is 44.6 Å². The van der Waals surface area contributed by atoms with Crippen molar-refractivity contribution in [3.05, 3.63) is 52.6 Å². The number of anilines is 1. The Morgan fingerprint density at radius 3 is 2.73 bits per heavy atom. The number of halogens is 1. The minimum Gasteiger partial charge on any atom is -0.387 e. The van der Waals surface area contributed by atoms with Gasteiger partial charge in [-0.15, -0.1) is 0 Å². The Morgan fingerprint density at radius 1 is 1.36 bits per heavy atom. The van der Waals surface area contributed by atoms with Crippen molar-refractivity contribution >= 4 is 30.7 Å². The number of hydrogen-bond acceptors (Lipinski definition) is 8. The van der Waals surface area contributed by atoms with Crippen LogP contribution in [-0.2, 0) is 20.4 Å². The zero-order valence-electron chi connectivity index (χ0n) is 16.8. The van der Waals surface area contributed by atoms with Crippen LogP contribution in [0.25, 0.3) is 11.2 Å². The number of hydrogen-bond donors (Lipinski definition) is 5. The van der Waals surface area contributed by atoms with Gasteiger partial charge < -0.3 is 25.4 Å². The van der Waals surface area contributed by atoms with E-state index in [-0.39, 0.29) is 29.4 Å². The number of nitrogens with zero attached hydrogens (tertiary/aromatic N) is 3. The van der Waals surface area contributed by atoms with Crippen LogP contribution >= 0.6 is 7.82 Å². The van der Waals surface area contributed by atoms with Gasteiger partial charge in [0.15, 0.2) is 18.3 Å². The van der Waals surface area contributed by atoms with Gasteiger partial charge in [-0.1, -0.05) is 35.3 Å². The number of H-pyrrole nitrogens is 1. The average Bonchev–Trinajstić information content (AvgIpc) is 3.24. The van der Waals surface area contributed by atoms with Crippen LogP contribution in [0.3, 0.4) is 0 Å². The highest BCUT2D eigenvalue weighted by molar-refractivity contribution is 7.46. The maximum absolute atomic E-state index is 14.9. The van der Waals surface area contributed by atoms with Crippen molar-refractivity contribution in [2.24, 2.45) is 0 Å². The van der Waals surface area contributed by atoms with Gasteiger partial charge in [-0.05, 0) is 0 Å². The topological polar surface area (TPSA) is 194 Å². The predicted octanol–water partition coefficient (Wildman–Crippen LogP) is -0.817. The van der Waals surface area contributed by atoms with Crippen molar-refractivity contribution in [3.8, 4) is 0 Å². The number of aliphatic hydroxyl groups excluding tert-OH is 1. The lowest BCUT2D eigenvalue weighted by Gasteiger charge is -2.14. The second-order valence-corrected chi connectivity index (χ2v) is 8.59. The number of carbonyl (C=O) groups excluding carboxylic acids is 1. The van der Waals surface area contributed by atoms with Crippen LogP contribution in [0.5, 0.6) is 0 Å². The van der Waals surface area contributed by atoms with Crippen LogP contribution in [0.2, 0.25) is 0 Å². The molecule has 2 aromatic heterocycles. The lowest BCUT2D eigenvalue weighted by molar-refractivity contribution is -0.744. The summed E-state index contributed by atoms with van der Waals surface area (Å²) in [7, 11) is -4.89. The molecule has 3 heterocycles. The number of ketones is 1. The summed E-state index contributed by atoms with van der Waals surface area (Å²) in [5.41, 5.74) is 5.12. The van der Waals surface area contributed by atoms with E-state index in [0.717, 1.165) is 4.57 Å². The Kier molecular flexibility index (Phi) is 6.14. The summed E-state index contributed by atoms with van der Waals surface area (Å²) in [5.74, 6) is -0.614. The molecule has 13 nitrogen and oxygen atoms in total. The fraction of sp³-hybridized carbons (Fsp3) is 0.333. The van der Waals surface area contributed by atoms with Gasteiger partial charge >= 0.3 is 13.5 Å². The van der Waals surface area contributed by atoms with Crippen LogP contribution in [0.1, 0.15) is 16.6 Å². The number of phosphoric acid groups is 1. The Hall–Kier alpha value is -3.00. The number of aromatic amines is 1. The summed E-state index contributed by atoms with van der Waals surface area (Å²) in [6.07, 6.45) is -5.61. The lowest BCUT2D eigenvalue weighted by atomic mass is 10.1. The van der Waals surface area contributed by atoms with Crippen molar-refractivity contribution < 1.29 is 42.5 Å². The normalized spacial score (nSPS) is 23.3. The zero-order chi connectivity index (χ0) is 23.9. The number of rotatable bonds is 7. The largest absolute Gasteiger partial charge is 0.469 e. The first-order chi connectivity index (χ1) is 15.5. The number of nitrogens with one attached hydrogen (secondary N) is 1. The number of aliphatic hydroxyl groups is 1. The molecule has 0 radical (unpaired) electrons. The van der Waals surface area contributed by atoms with Gasteiger partial charge in [-0.2, -0.15) is 0 Å². The molecule has 1 aliphatic rings. The van der Waals surface area contributed by atoms with E-state index in [0.29, 0.717) is 5.56 Å². The Labute approximate surface area is 184 Å². The summed E-state index contributed by atoms with van der Waals surface area (Å²) in [5, 5.41) is 10.1. The van der Waals surface area contributed by atoms with Crippen LogP contribution in [-0.4, -0.2) is 60.2 Å². The number of nitrogens with two attached hydrogens (primary N) is 1. The summed E-state index contributed by atoms with van der Waals surface area (Å²) in [4.78, 5) is 49.3. The summed E-state index contributed by atoms with van der Waals surface area (Å²) >= 11 is 0. The van der Waals surface area contributed by atoms with E-state index in [1.165, 1.54) is 10.9 Å². The van der Waals surface area contributed by atoms with Crippen LogP contribution in [0.15, 0.2) is 41.5 Å². The van der Waals surface area contributed by atoms with E-state index in [1.54, 1.807) is 30.3 Å². The molecule has 0 bridgehead atoms. The highest BCUT2D eigenvalue weighted by Crippen LogP contribution is 2.38. The first-order valence-corrected chi connectivity index (χ1v) is 11.1. The number of phosphoric ester groups is 1. The summed E-state index contributed by atoms with van der Waals surface area (Å²) in [6, 6.07) is 8.30. The third kappa shape index (κ3) is 4.71. The van der Waals surface area contributed by atoms with Crippen LogP contribution in [0.4, 0.5) is 10.3 Å². The average molecular weight is 484 g/mol. The number of ether oxygens (including phenoxy) is 1. The van der Waals surface area contributed by atoms with Crippen molar-refractivity contribution in [1.29, 1.82) is 0 Å². The molecule has 1 aliphatic heterocycles. The van der Waals surface area contributed by atoms with Gasteiger partial charge in [0.05, 0.1) is 6.61 Å². The molecule has 1 saturated heterocycles. The third-order valence-corrected chi connectivity index (χ3v) is 5.56. The molecule has 15 heteroatoms. The number of aromatic nitrogens is 4. The quantitative estimate of drug-likeness (QED) is 0.161. The fourth-order valence-corrected chi connectivity index (χ4v) is 3.93. The highest BCUT2D eigenvalue weighted by atomic mass is 31.2. The van der Waals surface area contributed by atoms with Crippen LogP contribution < -0.4 is 15.9 Å². The van der Waals surface area contributed by atoms with Crippen molar-refractivity contribution in [3.63, 3.8) is 0 Å². The molecule has 0 aliphatic carbocycles. The van der Waals surface area contributed by atoms with Gasteiger partial charge in [0, 0.05) is 5.56 Å². The first-order valence-electron chi connectivity index (χ1n) is 9.61. The number of fused-ring (bicyclic) bond motifs is 1. The molecule has 1 aromatic carbocycles. The second-order valence-electron chi connectivity index (χ2n) is 7.35. The molecule has 0 unspecified atom stereocenters. The molecule has 1 fully saturated rings. The number of nitrogen functional groups attached to an aromatic ring is 1. The molecule has 0 saturated carbocycles. The van der Waals surface area contributed by atoms with Crippen molar-refractivity contribution in [2.75, 3.05) is 12.3 Å². The number of imidazole rings is 1. The predicted molar refractivity (Wildman–Crippen MR) is 109 cm³/mol. The van der Waals surface area contributed by atoms with E-state index in [1.807, 2.05) is 0 Å². The standard InChI is InChI=1S/C18H19FN5O8P/c19-12-14(26)11(7-31-33(28,29)30)32-17(12)24-8-23(6-10(25)9-4-2-1-3-5-9)13-15(24)21-18(20)22-16(13)27/h1-5,8,11-12,14,17,26H,6-7H2,(H4-,20,21,22,27,28,29,30)/p+1/t11-,12+,14-,17-/m1/s1. The number of carbonyl (C=O) groups is 1. The number of alkyl halides is 1. The molecule has 4 rings (SSSR count). The van der Waals surface area contributed by atoms with Gasteiger partial charge in [0.2, 0.25) is 11.7 Å². The summed E-state index contributed by atoms with van der Waals surface area (Å²) in [6.45, 7) is -1.08. The van der Waals surface area contributed by atoms with E-state index in [9.17, 15) is 23.7 Å². The molecular formula is C18H20FN5O8P+. The molecule has 6 N–H and O–H groups in total. The Morgan fingerprint density at radius 2 is 2.06 bits per heavy atom. The molecule has 176 valence electrons. The van der Waals surface area contributed by atoms with Gasteiger partial charge in [-0.3, -0.25) is 19.1 Å². The summed E-state index contributed by atoms with van der Waals surface area (Å²) < 4.78 is 38.0. The monoisotopic (exact) mass is 484 g/mol. The lowest BCUT2D eigenvalue weighted by Crippen LogP contribution is -2.44.